The maximum atomic E-state index is 11.5. The van der Waals surface area contributed by atoms with Gasteiger partial charge in [-0.15, -0.1) is 0 Å². The van der Waals surface area contributed by atoms with E-state index in [0.29, 0.717) is 0 Å². The summed E-state index contributed by atoms with van der Waals surface area (Å²) in [6.45, 7) is -0.0984. The van der Waals surface area contributed by atoms with Gasteiger partial charge >= 0.3 is 18.0 Å². The topological polar surface area (TPSA) is 90.9 Å². The SMILES string of the molecule is COC(=O)/C=C/C(=O)OCCOC(=O)NC1CCCCC1. The molecule has 0 bridgehead atoms. The zero-order valence-electron chi connectivity index (χ0n) is 12.1. The van der Waals surface area contributed by atoms with Gasteiger partial charge in [-0.25, -0.2) is 14.4 Å². The average molecular weight is 299 g/mol. The van der Waals surface area contributed by atoms with Gasteiger partial charge in [-0.3, -0.25) is 0 Å². The van der Waals surface area contributed by atoms with E-state index < -0.39 is 18.0 Å². The van der Waals surface area contributed by atoms with Gasteiger partial charge in [0, 0.05) is 18.2 Å². The molecule has 0 saturated heterocycles. The highest BCUT2D eigenvalue weighted by molar-refractivity contribution is 5.91. The predicted octanol–water partition coefficient (Wildman–Crippen LogP) is 1.32. The molecule has 1 fully saturated rings. The summed E-state index contributed by atoms with van der Waals surface area (Å²) in [5.74, 6) is -1.34. The zero-order valence-corrected chi connectivity index (χ0v) is 12.1. The molecule has 0 radical (unpaired) electrons. The lowest BCUT2D eigenvalue weighted by atomic mass is 9.96. The Morgan fingerprint density at radius 3 is 2.29 bits per heavy atom. The minimum atomic E-state index is -0.698. The monoisotopic (exact) mass is 299 g/mol. The number of hydrogen-bond acceptors (Lipinski definition) is 6. The van der Waals surface area contributed by atoms with Gasteiger partial charge in [-0.2, -0.15) is 0 Å². The van der Waals surface area contributed by atoms with Crippen molar-refractivity contribution in [3.05, 3.63) is 12.2 Å². The third-order valence-corrected chi connectivity index (χ3v) is 3.04. The molecule has 0 atom stereocenters. The molecule has 1 saturated carbocycles. The van der Waals surface area contributed by atoms with Gasteiger partial charge in [0.1, 0.15) is 13.2 Å². The highest BCUT2D eigenvalue weighted by atomic mass is 16.6. The summed E-state index contributed by atoms with van der Waals surface area (Å²) >= 11 is 0. The van der Waals surface area contributed by atoms with Crippen molar-refractivity contribution in [2.24, 2.45) is 0 Å². The van der Waals surface area contributed by atoms with Crippen LogP contribution in [0.1, 0.15) is 32.1 Å². The molecule has 118 valence electrons. The Balaban J connectivity index is 2.07. The molecule has 0 aromatic heterocycles. The highest BCUT2D eigenvalue weighted by Crippen LogP contribution is 2.17. The van der Waals surface area contributed by atoms with Crippen LogP contribution in [0.25, 0.3) is 0 Å². The molecule has 7 nitrogen and oxygen atoms in total. The molecule has 1 amide bonds. The van der Waals surface area contributed by atoms with E-state index in [1.165, 1.54) is 13.5 Å². The number of alkyl carbamates (subject to hydrolysis) is 1. The minimum Gasteiger partial charge on any atom is -0.466 e. The first-order valence-corrected chi connectivity index (χ1v) is 6.98. The molecule has 1 rings (SSSR count). The van der Waals surface area contributed by atoms with Gasteiger partial charge < -0.3 is 19.5 Å². The van der Waals surface area contributed by atoms with Crippen LogP contribution < -0.4 is 5.32 Å². The van der Waals surface area contributed by atoms with Crippen LogP contribution >= 0.6 is 0 Å². The van der Waals surface area contributed by atoms with E-state index in [1.807, 2.05) is 0 Å². The number of carbonyl (C=O) groups excluding carboxylic acids is 3. The number of esters is 2. The van der Waals surface area contributed by atoms with Gasteiger partial charge in [-0.1, -0.05) is 19.3 Å². The molecule has 0 aromatic rings. The van der Waals surface area contributed by atoms with Crippen LogP contribution in [0.15, 0.2) is 12.2 Å². The van der Waals surface area contributed by atoms with E-state index in [-0.39, 0.29) is 19.3 Å². The molecule has 1 aliphatic carbocycles. The Morgan fingerprint density at radius 1 is 1.00 bits per heavy atom. The Bertz CT molecular complexity index is 387. The number of carbonyl (C=O) groups is 3. The quantitative estimate of drug-likeness (QED) is 0.344. The summed E-state index contributed by atoms with van der Waals surface area (Å²) in [6, 6.07) is 0.178. The second-order valence-corrected chi connectivity index (χ2v) is 4.64. The first-order valence-electron chi connectivity index (χ1n) is 6.98. The van der Waals surface area contributed by atoms with Gasteiger partial charge in [0.05, 0.1) is 7.11 Å². The summed E-state index contributed by atoms with van der Waals surface area (Å²) in [4.78, 5) is 33.3. The van der Waals surface area contributed by atoms with Gasteiger partial charge in [0.25, 0.3) is 0 Å². The van der Waals surface area contributed by atoms with Crippen LogP contribution in [0.5, 0.6) is 0 Å². The number of methoxy groups -OCH3 is 1. The number of rotatable bonds is 6. The summed E-state index contributed by atoms with van der Waals surface area (Å²) in [5.41, 5.74) is 0. The molecule has 7 heteroatoms. The zero-order chi connectivity index (χ0) is 15.5. The second kappa shape index (κ2) is 9.79. The smallest absolute Gasteiger partial charge is 0.407 e. The molecular weight excluding hydrogens is 278 g/mol. The van der Waals surface area contributed by atoms with Crippen LogP contribution in [0.4, 0.5) is 4.79 Å². The lowest BCUT2D eigenvalue weighted by molar-refractivity contribution is -0.140. The summed E-state index contributed by atoms with van der Waals surface area (Å²) < 4.78 is 14.0. The first kappa shape index (κ1) is 17.0. The first-order chi connectivity index (χ1) is 10.1. The highest BCUT2D eigenvalue weighted by Gasteiger charge is 2.16. The second-order valence-electron chi connectivity index (χ2n) is 4.64. The van der Waals surface area contributed by atoms with Crippen LogP contribution in [-0.4, -0.2) is 44.4 Å². The van der Waals surface area contributed by atoms with Crippen molar-refractivity contribution in [2.75, 3.05) is 20.3 Å². The summed E-state index contributed by atoms with van der Waals surface area (Å²) in [5, 5.41) is 2.78. The van der Waals surface area contributed by atoms with E-state index in [4.69, 9.17) is 9.47 Å². The molecule has 0 unspecified atom stereocenters. The Kier molecular flexibility index (Phi) is 7.93. The van der Waals surface area contributed by atoms with Crippen molar-refractivity contribution in [3.63, 3.8) is 0 Å². The summed E-state index contributed by atoms with van der Waals surface area (Å²) in [6.07, 6.45) is 6.81. The van der Waals surface area contributed by atoms with E-state index >= 15 is 0 Å². The van der Waals surface area contributed by atoms with E-state index in [1.54, 1.807) is 0 Å². The molecule has 0 heterocycles. The lowest BCUT2D eigenvalue weighted by Gasteiger charge is -2.22. The Morgan fingerprint density at radius 2 is 1.62 bits per heavy atom. The third kappa shape index (κ3) is 7.96. The van der Waals surface area contributed by atoms with E-state index in [9.17, 15) is 14.4 Å². The predicted molar refractivity (Wildman–Crippen MR) is 73.5 cm³/mol. The van der Waals surface area contributed by atoms with Crippen molar-refractivity contribution in [1.82, 2.24) is 5.32 Å². The number of nitrogens with one attached hydrogen (secondary N) is 1. The lowest BCUT2D eigenvalue weighted by Crippen LogP contribution is -2.37. The molecule has 0 spiro atoms. The molecule has 1 N–H and O–H groups in total. The number of amides is 1. The Hall–Kier alpha value is -2.05. The van der Waals surface area contributed by atoms with Crippen molar-refractivity contribution in [2.45, 2.75) is 38.1 Å². The molecular formula is C14H21NO6. The largest absolute Gasteiger partial charge is 0.466 e. The molecule has 0 aromatic carbocycles. The minimum absolute atomic E-state index is 0.0314. The van der Waals surface area contributed by atoms with Crippen LogP contribution in [0.2, 0.25) is 0 Å². The van der Waals surface area contributed by atoms with E-state index in [0.717, 1.165) is 37.8 Å². The molecule has 0 aliphatic heterocycles. The molecule has 1 aliphatic rings. The normalized spacial score (nSPS) is 15.5. The average Bonchev–Trinajstić information content (AvgIpc) is 2.50. The fraction of sp³-hybridized carbons (Fsp3) is 0.643. The van der Waals surface area contributed by atoms with Crippen molar-refractivity contribution in [3.8, 4) is 0 Å². The standard InChI is InChI=1S/C14H21NO6/c1-19-12(16)7-8-13(17)20-9-10-21-14(18)15-11-5-3-2-4-6-11/h7-8,11H,2-6,9-10H2,1H3,(H,15,18)/b8-7+. The van der Waals surface area contributed by atoms with Crippen LogP contribution in [0, 0.1) is 0 Å². The van der Waals surface area contributed by atoms with Crippen LogP contribution in [-0.2, 0) is 23.8 Å². The Labute approximate surface area is 123 Å². The number of hydrogen-bond donors (Lipinski definition) is 1. The van der Waals surface area contributed by atoms with E-state index in [2.05, 4.69) is 10.1 Å². The van der Waals surface area contributed by atoms with Crippen LogP contribution in [0.3, 0.4) is 0 Å². The van der Waals surface area contributed by atoms with Crippen molar-refractivity contribution in [1.29, 1.82) is 0 Å². The molecule has 21 heavy (non-hydrogen) atoms. The number of ether oxygens (including phenoxy) is 3. The fourth-order valence-electron chi connectivity index (χ4n) is 1.98. The van der Waals surface area contributed by atoms with Gasteiger partial charge in [0.15, 0.2) is 0 Å². The summed E-state index contributed by atoms with van der Waals surface area (Å²) in [7, 11) is 1.21. The fourth-order valence-corrected chi connectivity index (χ4v) is 1.98. The third-order valence-electron chi connectivity index (χ3n) is 3.04. The maximum absolute atomic E-state index is 11.5. The van der Waals surface area contributed by atoms with Gasteiger partial charge in [0.2, 0.25) is 0 Å². The van der Waals surface area contributed by atoms with Crippen molar-refractivity contribution >= 4 is 18.0 Å². The maximum Gasteiger partial charge on any atom is 0.407 e. The van der Waals surface area contributed by atoms with Gasteiger partial charge in [-0.05, 0) is 12.8 Å². The van der Waals surface area contributed by atoms with Crippen molar-refractivity contribution < 1.29 is 28.6 Å².